The van der Waals surface area contributed by atoms with E-state index in [-0.39, 0.29) is 44.6 Å². The van der Waals surface area contributed by atoms with Gasteiger partial charge < -0.3 is 42.6 Å². The second-order valence-electron chi connectivity index (χ2n) is 14.9. The van der Waals surface area contributed by atoms with E-state index in [2.05, 4.69) is 31.7 Å². The standard InChI is InChI=1S/C40H56N10O7S/c1-23(2)19-33(39(56)45-29(16-18-58-3)38(55)49-43)50-17-15-30(40(50)57)46-36(53)31(20-24-9-5-4-6-10-24)48-37(54)32(47-35(52)27(41)13-14-34(42)51)21-25-22-44-28-12-8-7-11-26(25)28/h4-12,22-23,27,29-33,44H,13-21,41,43H2,1-3H3,(H2,42,51)(H,45,56)(H,46,53)(H,47,52)(H,48,54)(H,49,55)/t27-,29-,30+,31-,32-,33-/m0/s1. The zero-order valence-electron chi connectivity index (χ0n) is 33.1. The number of hydrogen-bond donors (Lipinski definition) is 9. The molecule has 1 fully saturated rings. The molecule has 7 amide bonds. The molecule has 12 N–H and O–H groups in total. The number of aromatic amines is 1. The average molecular weight is 821 g/mol. The first-order valence-electron chi connectivity index (χ1n) is 19.4. The van der Waals surface area contributed by atoms with Crippen LogP contribution in [-0.4, -0.2) is 106 Å². The van der Waals surface area contributed by atoms with Crippen LogP contribution >= 0.6 is 11.8 Å². The molecule has 0 saturated carbocycles. The number of nitrogens with two attached hydrogens (primary N) is 3. The summed E-state index contributed by atoms with van der Waals surface area (Å²) in [4.78, 5) is 97.6. The molecule has 2 aromatic carbocycles. The lowest BCUT2D eigenvalue weighted by Crippen LogP contribution is -2.58. The molecule has 0 aliphatic carbocycles. The Balaban J connectivity index is 1.55. The average Bonchev–Trinajstić information content (AvgIpc) is 3.78. The number of carbonyl (C=O) groups excluding carboxylic acids is 7. The summed E-state index contributed by atoms with van der Waals surface area (Å²) in [6, 6.07) is 10.1. The number of amides is 7. The van der Waals surface area contributed by atoms with Gasteiger partial charge in [-0.15, -0.1) is 0 Å². The molecule has 0 spiro atoms. The topological polar surface area (TPSA) is 277 Å². The third-order valence-corrected chi connectivity index (χ3v) is 10.6. The van der Waals surface area contributed by atoms with Crippen LogP contribution in [0.15, 0.2) is 60.8 Å². The number of hydrazine groups is 1. The van der Waals surface area contributed by atoms with E-state index >= 15 is 0 Å². The first-order valence-corrected chi connectivity index (χ1v) is 20.8. The van der Waals surface area contributed by atoms with Gasteiger partial charge in [-0.05, 0) is 60.8 Å². The monoisotopic (exact) mass is 820 g/mol. The Labute approximate surface area is 342 Å². The molecule has 1 aliphatic rings. The highest BCUT2D eigenvalue weighted by Crippen LogP contribution is 2.22. The zero-order valence-corrected chi connectivity index (χ0v) is 33.9. The Morgan fingerprint density at radius 1 is 0.845 bits per heavy atom. The highest BCUT2D eigenvalue weighted by Gasteiger charge is 2.41. The van der Waals surface area contributed by atoms with Gasteiger partial charge in [0.05, 0.1) is 6.04 Å². The van der Waals surface area contributed by atoms with Crippen molar-refractivity contribution in [3.63, 3.8) is 0 Å². The normalized spacial score (nSPS) is 16.6. The van der Waals surface area contributed by atoms with Crippen LogP contribution in [0.4, 0.5) is 0 Å². The molecule has 0 radical (unpaired) electrons. The number of carbonyl (C=O) groups is 7. The molecule has 1 aliphatic heterocycles. The number of primary amides is 1. The van der Waals surface area contributed by atoms with Gasteiger partial charge in [0.15, 0.2) is 0 Å². The first kappa shape index (κ1) is 45.2. The second kappa shape index (κ2) is 21.9. The van der Waals surface area contributed by atoms with E-state index in [9.17, 15) is 33.6 Å². The molecule has 1 saturated heterocycles. The predicted octanol–water partition coefficient (Wildman–Crippen LogP) is -0.125. The minimum atomic E-state index is -1.20. The van der Waals surface area contributed by atoms with Crippen molar-refractivity contribution in [2.75, 3.05) is 18.6 Å². The van der Waals surface area contributed by atoms with Crippen molar-refractivity contribution in [3.8, 4) is 0 Å². The van der Waals surface area contributed by atoms with Crippen LogP contribution in [0.5, 0.6) is 0 Å². The fraction of sp³-hybridized carbons (Fsp3) is 0.475. The van der Waals surface area contributed by atoms with Crippen molar-refractivity contribution in [2.24, 2.45) is 23.2 Å². The molecule has 3 aromatic rings. The molecule has 17 nitrogen and oxygen atoms in total. The largest absolute Gasteiger partial charge is 0.370 e. The number of aromatic nitrogens is 1. The number of rotatable bonds is 22. The van der Waals surface area contributed by atoms with Crippen LogP contribution in [0.1, 0.15) is 57.1 Å². The van der Waals surface area contributed by atoms with Gasteiger partial charge in [-0.1, -0.05) is 62.4 Å². The van der Waals surface area contributed by atoms with Crippen molar-refractivity contribution >= 4 is 64.0 Å². The summed E-state index contributed by atoms with van der Waals surface area (Å²) in [6.07, 6.45) is 4.37. The smallest absolute Gasteiger partial charge is 0.256 e. The van der Waals surface area contributed by atoms with Gasteiger partial charge >= 0.3 is 0 Å². The van der Waals surface area contributed by atoms with E-state index < -0.39 is 77.6 Å². The van der Waals surface area contributed by atoms with Gasteiger partial charge in [0.1, 0.15) is 30.2 Å². The van der Waals surface area contributed by atoms with Crippen molar-refractivity contribution in [3.05, 3.63) is 71.9 Å². The molecular weight excluding hydrogens is 765 g/mol. The number of nitrogens with zero attached hydrogens (tertiary/aromatic N) is 1. The SMILES string of the molecule is CSCC[C@H](NC(=O)[C@H](CC(C)C)N1CC[C@@H](NC(=O)[C@H](Cc2ccccc2)NC(=O)[C@H](Cc2c[nH]c3ccccc23)NC(=O)[C@@H](N)CCC(N)=O)C1=O)C(=O)NN. The third kappa shape index (κ3) is 12.8. The van der Waals surface area contributed by atoms with Crippen molar-refractivity contribution in [1.29, 1.82) is 0 Å². The number of hydrogen-bond acceptors (Lipinski definition) is 10. The second-order valence-corrected chi connectivity index (χ2v) is 15.9. The Kier molecular flexibility index (Phi) is 17.1. The van der Waals surface area contributed by atoms with Crippen molar-refractivity contribution in [2.45, 2.75) is 95.0 Å². The van der Waals surface area contributed by atoms with E-state index in [0.29, 0.717) is 18.6 Å². The Bertz CT molecular complexity index is 1910. The van der Waals surface area contributed by atoms with Crippen LogP contribution in [-0.2, 0) is 46.4 Å². The molecule has 58 heavy (non-hydrogen) atoms. The molecule has 6 atom stereocenters. The van der Waals surface area contributed by atoms with Crippen LogP contribution in [0.2, 0.25) is 0 Å². The molecule has 1 aromatic heterocycles. The number of H-pyrrole nitrogens is 1. The fourth-order valence-electron chi connectivity index (χ4n) is 6.88. The summed E-state index contributed by atoms with van der Waals surface area (Å²) < 4.78 is 0. The fourth-order valence-corrected chi connectivity index (χ4v) is 7.35. The quantitative estimate of drug-likeness (QED) is 0.0368. The maximum absolute atomic E-state index is 14.2. The summed E-state index contributed by atoms with van der Waals surface area (Å²) in [6.45, 7) is 3.99. The van der Waals surface area contributed by atoms with Crippen LogP contribution < -0.4 is 44.0 Å². The van der Waals surface area contributed by atoms with Crippen molar-refractivity contribution in [1.82, 2.24) is 36.6 Å². The summed E-state index contributed by atoms with van der Waals surface area (Å²) in [5.74, 6) is 1.82. The minimum absolute atomic E-state index is 0.00559. The number of fused-ring (bicyclic) bond motifs is 1. The maximum atomic E-state index is 14.2. The lowest BCUT2D eigenvalue weighted by atomic mass is 10.0. The highest BCUT2D eigenvalue weighted by molar-refractivity contribution is 7.98. The number of benzene rings is 2. The van der Waals surface area contributed by atoms with E-state index in [1.54, 1.807) is 30.5 Å². The van der Waals surface area contributed by atoms with Gasteiger partial charge in [-0.25, -0.2) is 5.84 Å². The molecular formula is C40H56N10O7S. The Morgan fingerprint density at radius 3 is 2.17 bits per heavy atom. The van der Waals surface area contributed by atoms with Crippen LogP contribution in [0.3, 0.4) is 0 Å². The van der Waals surface area contributed by atoms with Gasteiger partial charge in [-0.3, -0.25) is 39.0 Å². The Morgan fingerprint density at radius 2 is 1.50 bits per heavy atom. The molecule has 0 bridgehead atoms. The summed E-state index contributed by atoms with van der Waals surface area (Å²) >= 11 is 1.51. The number of thioether (sulfide) groups is 1. The Hall–Kier alpha value is -5.46. The minimum Gasteiger partial charge on any atom is -0.370 e. The highest BCUT2D eigenvalue weighted by atomic mass is 32.2. The van der Waals surface area contributed by atoms with E-state index in [4.69, 9.17) is 17.3 Å². The van der Waals surface area contributed by atoms with Crippen LogP contribution in [0.25, 0.3) is 10.9 Å². The summed E-state index contributed by atoms with van der Waals surface area (Å²) in [7, 11) is 0. The summed E-state index contributed by atoms with van der Waals surface area (Å²) in [5, 5.41) is 11.9. The van der Waals surface area contributed by atoms with Gasteiger partial charge in [-0.2, -0.15) is 11.8 Å². The molecule has 18 heteroatoms. The lowest BCUT2D eigenvalue weighted by molar-refractivity contribution is -0.141. The van der Waals surface area contributed by atoms with E-state index in [1.165, 1.54) is 16.7 Å². The van der Waals surface area contributed by atoms with Gasteiger partial charge in [0.25, 0.3) is 5.91 Å². The van der Waals surface area contributed by atoms with Gasteiger partial charge in [0, 0.05) is 42.9 Å². The first-order chi connectivity index (χ1) is 27.7. The molecule has 314 valence electrons. The van der Waals surface area contributed by atoms with Crippen LogP contribution in [0, 0.1) is 5.92 Å². The van der Waals surface area contributed by atoms with Crippen molar-refractivity contribution < 1.29 is 33.6 Å². The number of likely N-dealkylation sites (tertiary alicyclic amines) is 1. The van der Waals surface area contributed by atoms with E-state index in [0.717, 1.165) is 22.0 Å². The third-order valence-electron chi connectivity index (χ3n) is 10.0. The zero-order chi connectivity index (χ0) is 42.4. The number of nitrogens with one attached hydrogen (secondary N) is 6. The molecule has 4 rings (SSSR count). The maximum Gasteiger partial charge on any atom is 0.256 e. The summed E-state index contributed by atoms with van der Waals surface area (Å²) in [5.41, 5.74) is 15.7. The molecule has 2 heterocycles. The predicted molar refractivity (Wildman–Crippen MR) is 221 cm³/mol. The lowest BCUT2D eigenvalue weighted by Gasteiger charge is -2.30. The van der Waals surface area contributed by atoms with E-state index in [1.807, 2.05) is 50.4 Å². The van der Waals surface area contributed by atoms with Gasteiger partial charge in [0.2, 0.25) is 35.4 Å². The number of para-hydroxylation sites is 1. The molecule has 0 unspecified atom stereocenters.